The molecule has 9 heavy (non-hydrogen) atoms. The van der Waals surface area contributed by atoms with E-state index in [-0.39, 0.29) is 17.9 Å². The molecule has 0 bridgehead atoms. The maximum absolute atomic E-state index is 11.2. The van der Waals surface area contributed by atoms with Crippen LogP contribution in [0.2, 0.25) is 0 Å². The van der Waals surface area contributed by atoms with Crippen molar-refractivity contribution in [3.05, 3.63) is 30.0 Å². The minimum atomic E-state index is -2.74. The summed E-state index contributed by atoms with van der Waals surface area (Å²) in [5, 5.41) is 0. The van der Waals surface area contributed by atoms with Gasteiger partial charge in [-0.2, -0.15) is 0 Å². The van der Waals surface area contributed by atoms with Crippen LogP contribution in [0, 0.1) is 0 Å². The highest BCUT2D eigenvalue weighted by Gasteiger charge is 1.93. The van der Waals surface area contributed by atoms with Crippen LogP contribution in [-0.2, 0) is 0 Å². The van der Waals surface area contributed by atoms with Gasteiger partial charge in [-0.25, -0.2) is 0 Å². The van der Waals surface area contributed by atoms with E-state index in [4.69, 9.17) is 6.85 Å². The molecule has 1 aromatic heterocycles. The lowest BCUT2D eigenvalue weighted by Crippen LogP contribution is -1.89. The number of aromatic nitrogens is 1. The fourth-order valence-electron chi connectivity index (χ4n) is 0.414. The van der Waals surface area contributed by atoms with Gasteiger partial charge in [0, 0.05) is 22.0 Å². The van der Waals surface area contributed by atoms with Crippen molar-refractivity contribution in [2.45, 2.75) is 6.85 Å². The summed E-state index contributed by atoms with van der Waals surface area (Å²) in [6.45, 7) is -2.74. The molecule has 1 aromatic rings. The van der Waals surface area contributed by atoms with Gasteiger partial charge < -0.3 is 0 Å². The van der Waals surface area contributed by atoms with E-state index < -0.39 is 12.6 Å². The highest BCUT2D eigenvalue weighted by molar-refractivity contribution is 5.93. The van der Waals surface area contributed by atoms with Crippen LogP contribution in [0.15, 0.2) is 24.5 Å². The van der Waals surface area contributed by atoms with Crippen molar-refractivity contribution >= 4 is 5.78 Å². The third-order valence-electron chi connectivity index (χ3n) is 0.831. The Morgan fingerprint density at radius 3 is 3.00 bits per heavy atom. The zero-order chi connectivity index (χ0) is 10.9. The van der Waals surface area contributed by atoms with Crippen LogP contribution in [0.1, 0.15) is 24.1 Å². The SMILES string of the molecule is [2H]c1cc(C(=O)C([2H])([2H])[2H])cc([2H])n1. The number of pyridine rings is 1. The fourth-order valence-corrected chi connectivity index (χ4v) is 0.414. The van der Waals surface area contributed by atoms with Gasteiger partial charge in [-0.3, -0.25) is 9.78 Å². The molecular formula is C7H7NO. The molecule has 0 saturated carbocycles. The lowest BCUT2D eigenvalue weighted by molar-refractivity contribution is 0.101. The zero-order valence-electron chi connectivity index (χ0n) is 9.51. The topological polar surface area (TPSA) is 30.0 Å². The first-order valence-corrected chi connectivity index (χ1v) is 2.31. The highest BCUT2D eigenvalue weighted by atomic mass is 16.1. The van der Waals surface area contributed by atoms with Crippen LogP contribution >= 0.6 is 0 Å². The lowest BCUT2D eigenvalue weighted by Gasteiger charge is -1.88. The molecule has 0 unspecified atom stereocenters. The van der Waals surface area contributed by atoms with E-state index >= 15 is 0 Å². The summed E-state index contributed by atoms with van der Waals surface area (Å²) >= 11 is 0. The normalized spacial score (nSPS) is 18.4. The Hall–Kier alpha value is -1.18. The quantitative estimate of drug-likeness (QED) is 0.530. The third-order valence-corrected chi connectivity index (χ3v) is 0.831. The Morgan fingerprint density at radius 1 is 1.78 bits per heavy atom. The van der Waals surface area contributed by atoms with Crippen LogP contribution in [-0.4, -0.2) is 10.8 Å². The van der Waals surface area contributed by atoms with Crippen LogP contribution in [0.5, 0.6) is 0 Å². The summed E-state index contributed by atoms with van der Waals surface area (Å²) in [6.07, 6.45) is -0.574. The highest BCUT2D eigenvalue weighted by Crippen LogP contribution is 1.95. The summed E-state index contributed by atoms with van der Waals surface area (Å²) in [5.74, 6) is -1.07. The van der Waals surface area contributed by atoms with E-state index in [1.807, 2.05) is 0 Å². The molecule has 2 heteroatoms. The maximum Gasteiger partial charge on any atom is 0.159 e. The van der Waals surface area contributed by atoms with Crippen molar-refractivity contribution in [2.24, 2.45) is 0 Å². The van der Waals surface area contributed by atoms with Gasteiger partial charge in [-0.15, -0.1) is 0 Å². The number of carbonyl (C=O) groups excluding carboxylic acids is 1. The van der Waals surface area contributed by atoms with E-state index in [0.717, 1.165) is 12.1 Å². The molecule has 0 N–H and O–H groups in total. The maximum atomic E-state index is 11.2. The molecule has 2 nitrogen and oxygen atoms in total. The summed E-state index contributed by atoms with van der Waals surface area (Å²) in [4.78, 5) is 14.6. The Kier molecular flexibility index (Phi) is 0.589. The molecule has 1 heterocycles. The van der Waals surface area contributed by atoms with Gasteiger partial charge in [-0.05, 0) is 19.0 Å². The van der Waals surface area contributed by atoms with Crippen LogP contribution < -0.4 is 0 Å². The van der Waals surface area contributed by atoms with Gasteiger partial charge >= 0.3 is 0 Å². The van der Waals surface area contributed by atoms with E-state index in [9.17, 15) is 4.79 Å². The first kappa shape index (κ1) is 2.21. The van der Waals surface area contributed by atoms with Gasteiger partial charge in [-0.1, -0.05) is 0 Å². The van der Waals surface area contributed by atoms with Crippen LogP contribution in [0.25, 0.3) is 0 Å². The Bertz CT molecular complexity index is 353. The predicted molar refractivity (Wildman–Crippen MR) is 34.2 cm³/mol. The summed E-state index contributed by atoms with van der Waals surface area (Å²) in [7, 11) is 0. The van der Waals surface area contributed by atoms with E-state index in [1.54, 1.807) is 0 Å². The molecule has 0 saturated heterocycles. The fraction of sp³-hybridized carbons (Fsp3) is 0.143. The molecule has 0 aliphatic carbocycles. The standard InChI is InChI=1S/C7H7NO/c1-6(9)7-2-4-8-5-3-7/h2-5H,1H3/i1D3,4D,5D. The number of ketones is 1. The Balaban J connectivity index is 3.14. The zero-order valence-corrected chi connectivity index (χ0v) is 4.51. The number of rotatable bonds is 1. The first-order valence-electron chi connectivity index (χ1n) is 4.81. The van der Waals surface area contributed by atoms with Crippen LogP contribution in [0.4, 0.5) is 0 Å². The van der Waals surface area contributed by atoms with Crippen LogP contribution in [0.3, 0.4) is 0 Å². The number of hydrogen-bond acceptors (Lipinski definition) is 2. The Labute approximate surface area is 60.6 Å². The minimum absolute atomic E-state index is 0.171. The average molecular weight is 126 g/mol. The molecule has 0 atom stereocenters. The number of hydrogen-bond donors (Lipinski definition) is 0. The molecular weight excluding hydrogens is 114 g/mol. The second kappa shape index (κ2) is 2.40. The molecule has 0 radical (unpaired) electrons. The molecule has 0 aromatic carbocycles. The second-order valence-electron chi connectivity index (χ2n) is 1.44. The third kappa shape index (κ3) is 1.35. The van der Waals surface area contributed by atoms with Crippen molar-refractivity contribution in [3.63, 3.8) is 0 Å². The largest absolute Gasteiger partial charge is 0.295 e. The van der Waals surface area contributed by atoms with Crippen molar-refractivity contribution in [1.29, 1.82) is 0 Å². The molecule has 46 valence electrons. The van der Waals surface area contributed by atoms with Crippen molar-refractivity contribution < 1.29 is 11.6 Å². The van der Waals surface area contributed by atoms with Crippen molar-refractivity contribution in [1.82, 2.24) is 4.98 Å². The van der Waals surface area contributed by atoms with Gasteiger partial charge in [0.25, 0.3) is 0 Å². The van der Waals surface area contributed by atoms with Gasteiger partial charge in [0.2, 0.25) is 0 Å². The lowest BCUT2D eigenvalue weighted by atomic mass is 10.2. The minimum Gasteiger partial charge on any atom is -0.295 e. The summed E-state index contributed by atoms with van der Waals surface area (Å²) in [6, 6.07) is 2.07. The summed E-state index contributed by atoms with van der Waals surface area (Å²) in [5.41, 5.74) is -0.171. The second-order valence-corrected chi connectivity index (χ2v) is 1.44. The molecule has 0 aliphatic heterocycles. The predicted octanol–water partition coefficient (Wildman–Crippen LogP) is 1.28. The van der Waals surface area contributed by atoms with Crippen molar-refractivity contribution in [2.75, 3.05) is 0 Å². The monoisotopic (exact) mass is 126 g/mol. The Morgan fingerprint density at radius 2 is 2.44 bits per heavy atom. The number of carbonyl (C=O) groups is 1. The summed E-state index contributed by atoms with van der Waals surface area (Å²) < 4.78 is 34.8. The molecule has 0 amide bonds. The average Bonchev–Trinajstić information content (AvgIpc) is 1.99. The van der Waals surface area contributed by atoms with E-state index in [1.165, 1.54) is 0 Å². The molecule has 0 spiro atoms. The number of nitrogens with zero attached hydrogens (tertiary/aromatic N) is 1. The van der Waals surface area contributed by atoms with E-state index in [2.05, 4.69) is 4.98 Å². The van der Waals surface area contributed by atoms with Crippen molar-refractivity contribution in [3.8, 4) is 0 Å². The van der Waals surface area contributed by atoms with Gasteiger partial charge in [0.1, 0.15) is 0 Å². The van der Waals surface area contributed by atoms with E-state index in [0.29, 0.717) is 0 Å². The number of Topliss-reactive ketones (excluding diaryl/α,β-unsaturated/α-hetero) is 1. The first-order chi connectivity index (χ1) is 6.30. The molecule has 0 aliphatic rings. The van der Waals surface area contributed by atoms with Gasteiger partial charge in [0.05, 0.1) is 2.74 Å². The smallest absolute Gasteiger partial charge is 0.159 e. The molecule has 1 rings (SSSR count). The molecule has 0 fully saturated rings. The van der Waals surface area contributed by atoms with Gasteiger partial charge in [0.15, 0.2) is 5.78 Å².